The number of hydrogen-bond acceptors (Lipinski definition) is 5. The highest BCUT2D eigenvalue weighted by molar-refractivity contribution is 7.98. The van der Waals surface area contributed by atoms with Gasteiger partial charge in [-0.15, -0.1) is 10.2 Å². The van der Waals surface area contributed by atoms with Crippen LogP contribution in [0.25, 0.3) is 5.69 Å². The molecule has 0 bridgehead atoms. The number of hydrogen-bond donors (Lipinski definition) is 1. The Balaban J connectivity index is 1.62. The highest BCUT2D eigenvalue weighted by atomic mass is 35.5. The summed E-state index contributed by atoms with van der Waals surface area (Å²) in [7, 11) is 1.54. The number of thioether (sulfide) groups is 1. The summed E-state index contributed by atoms with van der Waals surface area (Å²) in [6.07, 6.45) is 0. The Bertz CT molecular complexity index is 1260. The number of benzene rings is 3. The summed E-state index contributed by atoms with van der Waals surface area (Å²) in [6, 6.07) is 23.0. The average Bonchev–Trinajstić information content (AvgIpc) is 3.25. The van der Waals surface area contributed by atoms with Gasteiger partial charge in [0.15, 0.2) is 11.0 Å². The first-order valence-electron chi connectivity index (χ1n) is 10.4. The van der Waals surface area contributed by atoms with Gasteiger partial charge in [0.05, 0.1) is 24.9 Å². The Hall–Kier alpha value is -3.29. The quantitative estimate of drug-likeness (QED) is 0.340. The molecule has 0 spiro atoms. The summed E-state index contributed by atoms with van der Waals surface area (Å²) in [5.74, 6) is 1.62. The predicted molar refractivity (Wildman–Crippen MR) is 131 cm³/mol. The Morgan fingerprint density at radius 2 is 1.82 bits per heavy atom. The van der Waals surface area contributed by atoms with Crippen molar-refractivity contribution in [2.75, 3.05) is 7.11 Å². The van der Waals surface area contributed by atoms with Crippen LogP contribution in [-0.4, -0.2) is 27.8 Å². The van der Waals surface area contributed by atoms with Crippen LogP contribution in [0.1, 0.15) is 27.3 Å². The van der Waals surface area contributed by atoms with Gasteiger partial charge in [0, 0.05) is 10.8 Å². The molecule has 0 unspecified atom stereocenters. The van der Waals surface area contributed by atoms with E-state index in [9.17, 15) is 4.79 Å². The molecule has 6 nitrogen and oxygen atoms in total. The van der Waals surface area contributed by atoms with Gasteiger partial charge in [-0.1, -0.05) is 71.9 Å². The fraction of sp³-hybridized carbons (Fsp3) is 0.160. The van der Waals surface area contributed by atoms with E-state index in [4.69, 9.17) is 16.3 Å². The normalized spacial score (nSPS) is 10.8. The van der Waals surface area contributed by atoms with Gasteiger partial charge in [0.1, 0.15) is 5.75 Å². The Morgan fingerprint density at radius 3 is 2.61 bits per heavy atom. The lowest BCUT2D eigenvalue weighted by atomic mass is 10.2. The summed E-state index contributed by atoms with van der Waals surface area (Å²) in [4.78, 5) is 12.8. The van der Waals surface area contributed by atoms with Gasteiger partial charge in [0.25, 0.3) is 5.91 Å². The van der Waals surface area contributed by atoms with Crippen molar-refractivity contribution in [2.45, 2.75) is 24.4 Å². The zero-order valence-electron chi connectivity index (χ0n) is 18.3. The third kappa shape index (κ3) is 5.38. The van der Waals surface area contributed by atoms with E-state index in [2.05, 4.69) is 27.6 Å². The van der Waals surface area contributed by atoms with Crippen LogP contribution in [-0.2, 0) is 12.3 Å². The van der Waals surface area contributed by atoms with Gasteiger partial charge < -0.3 is 10.1 Å². The van der Waals surface area contributed by atoms with Crippen molar-refractivity contribution in [3.63, 3.8) is 0 Å². The maximum atomic E-state index is 12.8. The minimum absolute atomic E-state index is 0.196. The maximum Gasteiger partial charge on any atom is 0.255 e. The molecule has 1 aromatic heterocycles. The number of halogens is 1. The second-order valence-corrected chi connectivity index (χ2v) is 8.70. The smallest absolute Gasteiger partial charge is 0.255 e. The minimum atomic E-state index is -0.247. The van der Waals surface area contributed by atoms with Crippen LogP contribution < -0.4 is 10.1 Å². The standard InChI is InChI=1S/C25H23ClN4O2S/c1-17-12-13-19(26)14-21(17)30-23(15-27-24(31)20-10-6-7-11-22(20)32-2)28-29-25(30)33-16-18-8-4-3-5-9-18/h3-14H,15-16H2,1-2H3,(H,27,31). The van der Waals surface area contributed by atoms with Crippen molar-refractivity contribution in [2.24, 2.45) is 0 Å². The molecule has 3 aromatic carbocycles. The molecule has 1 amide bonds. The lowest BCUT2D eigenvalue weighted by Gasteiger charge is -2.14. The van der Waals surface area contributed by atoms with Crippen LogP contribution in [0.4, 0.5) is 0 Å². The largest absolute Gasteiger partial charge is 0.496 e. The molecule has 1 N–H and O–H groups in total. The number of nitrogens with zero attached hydrogens (tertiary/aromatic N) is 3. The summed E-state index contributed by atoms with van der Waals surface area (Å²) >= 11 is 7.89. The maximum absolute atomic E-state index is 12.8. The molecular formula is C25H23ClN4O2S. The predicted octanol–water partition coefficient (Wildman–Crippen LogP) is 5.46. The number of para-hydroxylation sites is 1. The third-order valence-electron chi connectivity index (χ3n) is 5.08. The molecule has 0 aliphatic heterocycles. The van der Waals surface area contributed by atoms with E-state index >= 15 is 0 Å². The molecule has 0 saturated heterocycles. The molecule has 0 aliphatic carbocycles. The number of nitrogens with one attached hydrogen (secondary N) is 1. The zero-order chi connectivity index (χ0) is 23.2. The molecule has 0 saturated carbocycles. The van der Waals surface area contributed by atoms with Gasteiger partial charge in [-0.3, -0.25) is 9.36 Å². The van der Waals surface area contributed by atoms with Gasteiger partial charge >= 0.3 is 0 Å². The SMILES string of the molecule is COc1ccccc1C(=O)NCc1nnc(SCc2ccccc2)n1-c1cc(Cl)ccc1C. The summed E-state index contributed by atoms with van der Waals surface area (Å²) in [5.41, 5.74) is 3.55. The molecule has 33 heavy (non-hydrogen) atoms. The van der Waals surface area contributed by atoms with Gasteiger partial charge in [0.2, 0.25) is 0 Å². The van der Waals surface area contributed by atoms with Gasteiger partial charge in [-0.25, -0.2) is 0 Å². The molecule has 0 fully saturated rings. The van der Waals surface area contributed by atoms with Gasteiger partial charge in [-0.05, 0) is 42.3 Å². The fourth-order valence-electron chi connectivity index (χ4n) is 3.38. The van der Waals surface area contributed by atoms with Crippen molar-refractivity contribution in [3.8, 4) is 11.4 Å². The number of amides is 1. The summed E-state index contributed by atoms with van der Waals surface area (Å²) < 4.78 is 7.26. The number of rotatable bonds is 8. The molecule has 0 atom stereocenters. The molecule has 168 valence electrons. The van der Waals surface area contributed by atoms with Crippen molar-refractivity contribution in [1.82, 2.24) is 20.1 Å². The third-order valence-corrected chi connectivity index (χ3v) is 6.32. The molecule has 0 radical (unpaired) electrons. The summed E-state index contributed by atoms with van der Waals surface area (Å²) in [6.45, 7) is 2.20. The number of aromatic nitrogens is 3. The summed E-state index contributed by atoms with van der Waals surface area (Å²) in [5, 5.41) is 13.1. The van der Waals surface area contributed by atoms with Crippen LogP contribution >= 0.6 is 23.4 Å². The van der Waals surface area contributed by atoms with Crippen LogP contribution in [0.15, 0.2) is 78.0 Å². The minimum Gasteiger partial charge on any atom is -0.496 e. The number of carbonyl (C=O) groups excluding carboxylic acids is 1. The van der Waals surface area contributed by atoms with E-state index in [-0.39, 0.29) is 12.5 Å². The fourth-order valence-corrected chi connectivity index (χ4v) is 4.47. The second-order valence-electron chi connectivity index (χ2n) is 7.32. The lowest BCUT2D eigenvalue weighted by molar-refractivity contribution is 0.0946. The van der Waals surface area contributed by atoms with Crippen molar-refractivity contribution in [1.29, 1.82) is 0 Å². The number of ether oxygens (including phenoxy) is 1. The second kappa shape index (κ2) is 10.6. The van der Waals surface area contributed by atoms with E-state index in [0.29, 0.717) is 22.2 Å². The molecule has 4 aromatic rings. The van der Waals surface area contributed by atoms with E-state index in [1.165, 1.54) is 5.56 Å². The number of methoxy groups -OCH3 is 1. The van der Waals surface area contributed by atoms with E-state index < -0.39 is 0 Å². The van der Waals surface area contributed by atoms with Crippen molar-refractivity contribution < 1.29 is 9.53 Å². The monoisotopic (exact) mass is 478 g/mol. The first-order valence-corrected chi connectivity index (χ1v) is 11.7. The highest BCUT2D eigenvalue weighted by Gasteiger charge is 2.18. The van der Waals surface area contributed by atoms with E-state index in [0.717, 1.165) is 22.2 Å². The van der Waals surface area contributed by atoms with E-state index in [1.807, 2.05) is 54.0 Å². The highest BCUT2D eigenvalue weighted by Crippen LogP contribution is 2.28. The Kier molecular flexibility index (Phi) is 7.32. The number of carbonyl (C=O) groups is 1. The van der Waals surface area contributed by atoms with Crippen LogP contribution in [0.2, 0.25) is 5.02 Å². The average molecular weight is 479 g/mol. The molecule has 0 aliphatic rings. The molecule has 1 heterocycles. The first-order chi connectivity index (χ1) is 16.1. The Labute approximate surface area is 202 Å². The van der Waals surface area contributed by atoms with Crippen LogP contribution in [0.3, 0.4) is 0 Å². The lowest BCUT2D eigenvalue weighted by Crippen LogP contribution is -2.25. The topological polar surface area (TPSA) is 69.0 Å². The van der Waals surface area contributed by atoms with Gasteiger partial charge in [-0.2, -0.15) is 0 Å². The van der Waals surface area contributed by atoms with E-state index in [1.54, 1.807) is 37.1 Å². The van der Waals surface area contributed by atoms with Crippen molar-refractivity contribution in [3.05, 3.63) is 100 Å². The van der Waals surface area contributed by atoms with Crippen LogP contribution in [0, 0.1) is 6.92 Å². The zero-order valence-corrected chi connectivity index (χ0v) is 19.9. The molecular weight excluding hydrogens is 456 g/mol. The molecule has 4 rings (SSSR count). The molecule has 8 heteroatoms. The number of aryl methyl sites for hydroxylation is 1. The van der Waals surface area contributed by atoms with Crippen molar-refractivity contribution >= 4 is 29.3 Å². The Morgan fingerprint density at radius 1 is 1.06 bits per heavy atom. The van der Waals surface area contributed by atoms with Crippen LogP contribution in [0.5, 0.6) is 5.75 Å². The first kappa shape index (κ1) is 22.9.